The zero-order chi connectivity index (χ0) is 5.11. The van der Waals surface area contributed by atoms with E-state index in [2.05, 4.69) is 15.0 Å². The van der Waals surface area contributed by atoms with E-state index in [9.17, 15) is 0 Å². The average Bonchev–Trinajstić information content (AvgIpc) is 2.14. The molecule has 0 fully saturated rings. The first kappa shape index (κ1) is 4.14. The molecule has 0 aliphatic heterocycles. The second kappa shape index (κ2) is 1.61. The van der Waals surface area contributed by atoms with Gasteiger partial charge in [0.1, 0.15) is 0 Å². The summed E-state index contributed by atoms with van der Waals surface area (Å²) in [5.41, 5.74) is 0. The number of nitrogens with two attached hydrogens (primary N) is 1. The predicted molar refractivity (Wildman–Crippen MR) is 23.4 cm³/mol. The highest BCUT2D eigenvalue weighted by atomic mass is 16.6. The molecule has 0 radical (unpaired) electrons. The van der Waals surface area contributed by atoms with Gasteiger partial charge in [-0.05, 0) is 0 Å². The molecule has 1 heterocycles. The topological polar surface area (TPSA) is 63.9 Å². The first-order chi connectivity index (χ1) is 3.43. The van der Waals surface area contributed by atoms with E-state index >= 15 is 0 Å². The van der Waals surface area contributed by atoms with Gasteiger partial charge in [0.25, 0.3) is 0 Å². The highest BCUT2D eigenvalue weighted by molar-refractivity contribution is 5.02. The summed E-state index contributed by atoms with van der Waals surface area (Å²) in [6.07, 6.45) is 1.56. The van der Waals surface area contributed by atoms with Gasteiger partial charge in [0.2, 0.25) is 5.88 Å². The zero-order valence-corrected chi connectivity index (χ0v) is 3.59. The van der Waals surface area contributed by atoms with Gasteiger partial charge < -0.3 is 4.84 Å². The fraction of sp³-hybridized carbons (Fsp3) is 0. The molecule has 0 aromatic carbocycles. The van der Waals surface area contributed by atoms with Crippen LogP contribution < -0.4 is 10.7 Å². The molecule has 1 aromatic heterocycles. The number of aromatic nitrogens is 2. The first-order valence-corrected chi connectivity index (χ1v) is 1.79. The molecule has 7 heavy (non-hydrogen) atoms. The van der Waals surface area contributed by atoms with Crippen LogP contribution in [0.5, 0.6) is 5.88 Å². The second-order valence-electron chi connectivity index (χ2n) is 1.04. The lowest BCUT2D eigenvalue weighted by atomic mass is 10.7. The Morgan fingerprint density at radius 2 is 2.71 bits per heavy atom. The summed E-state index contributed by atoms with van der Waals surface area (Å²) < 4.78 is 0. The molecule has 3 N–H and O–H groups in total. The van der Waals surface area contributed by atoms with E-state index < -0.39 is 0 Å². The van der Waals surface area contributed by atoms with Crippen LogP contribution in [0.3, 0.4) is 0 Å². The van der Waals surface area contributed by atoms with Gasteiger partial charge in [-0.1, -0.05) is 0 Å². The van der Waals surface area contributed by atoms with Crippen LogP contribution >= 0.6 is 0 Å². The van der Waals surface area contributed by atoms with Crippen molar-refractivity contribution in [3.05, 3.63) is 12.3 Å². The molecule has 0 bridgehead atoms. The summed E-state index contributed by atoms with van der Waals surface area (Å²) in [5, 5.41) is 6.05. The molecule has 38 valence electrons. The highest BCUT2D eigenvalue weighted by Gasteiger charge is 1.84. The Bertz CT molecular complexity index is 125. The normalized spacial score (nSPS) is 8.71. The molecule has 0 aliphatic rings. The Balaban J connectivity index is 2.76. The molecule has 0 amide bonds. The molecule has 0 spiro atoms. The van der Waals surface area contributed by atoms with Gasteiger partial charge in [0.15, 0.2) is 0 Å². The standard InChI is InChI=1S/C3H5N3O/c4-7-3-1-2-5-6-3/h1-2H,4H2,(H,5,6). The monoisotopic (exact) mass is 99.0 g/mol. The van der Waals surface area contributed by atoms with Crippen LogP contribution in [0.2, 0.25) is 0 Å². The fourth-order valence-corrected chi connectivity index (χ4v) is 0.309. The summed E-state index contributed by atoms with van der Waals surface area (Å²) in [6.45, 7) is 0. The molecular formula is C3H5N3O. The van der Waals surface area contributed by atoms with E-state index in [1.807, 2.05) is 0 Å². The van der Waals surface area contributed by atoms with Gasteiger partial charge in [0, 0.05) is 6.07 Å². The molecule has 1 aromatic rings. The van der Waals surface area contributed by atoms with Gasteiger partial charge in [0.05, 0.1) is 6.20 Å². The SMILES string of the molecule is NOc1ccn[nH]1. The second-order valence-corrected chi connectivity index (χ2v) is 1.04. The van der Waals surface area contributed by atoms with Gasteiger partial charge in [-0.2, -0.15) is 11.0 Å². The summed E-state index contributed by atoms with van der Waals surface area (Å²) >= 11 is 0. The largest absolute Gasteiger partial charge is 0.392 e. The minimum absolute atomic E-state index is 0.472. The van der Waals surface area contributed by atoms with Crippen LogP contribution in [-0.2, 0) is 0 Å². The van der Waals surface area contributed by atoms with Crippen LogP contribution in [-0.4, -0.2) is 10.2 Å². The molecule has 4 heteroatoms. The molecule has 0 saturated heterocycles. The summed E-state index contributed by atoms with van der Waals surface area (Å²) in [4.78, 5) is 4.24. The number of nitrogens with one attached hydrogen (secondary N) is 1. The molecule has 0 aliphatic carbocycles. The number of aromatic amines is 1. The van der Waals surface area contributed by atoms with Crippen LogP contribution in [0.1, 0.15) is 0 Å². The van der Waals surface area contributed by atoms with Crippen molar-refractivity contribution >= 4 is 0 Å². The number of H-pyrrole nitrogens is 1. The maximum atomic E-state index is 4.72. The third kappa shape index (κ3) is 0.690. The highest BCUT2D eigenvalue weighted by Crippen LogP contribution is 1.96. The summed E-state index contributed by atoms with van der Waals surface area (Å²) in [5.74, 6) is 5.20. The zero-order valence-electron chi connectivity index (χ0n) is 3.59. The number of hydrogen-bond donors (Lipinski definition) is 2. The Hall–Kier alpha value is -1.03. The Labute approximate surface area is 40.2 Å². The molecule has 0 atom stereocenters. The fourth-order valence-electron chi connectivity index (χ4n) is 0.309. The third-order valence-corrected chi connectivity index (χ3v) is 0.602. The van der Waals surface area contributed by atoms with E-state index in [0.717, 1.165) is 0 Å². The summed E-state index contributed by atoms with van der Waals surface area (Å²) in [7, 11) is 0. The Morgan fingerprint density at radius 3 is 3.00 bits per heavy atom. The number of rotatable bonds is 1. The Morgan fingerprint density at radius 1 is 1.86 bits per heavy atom. The lowest BCUT2D eigenvalue weighted by molar-refractivity contribution is 0.320. The van der Waals surface area contributed by atoms with Crippen LogP contribution in [0.25, 0.3) is 0 Å². The molecular weight excluding hydrogens is 94.1 g/mol. The van der Waals surface area contributed by atoms with Crippen molar-refractivity contribution in [2.75, 3.05) is 0 Å². The van der Waals surface area contributed by atoms with Crippen molar-refractivity contribution < 1.29 is 4.84 Å². The van der Waals surface area contributed by atoms with Gasteiger partial charge in [-0.3, -0.25) is 0 Å². The lowest BCUT2D eigenvalue weighted by Crippen LogP contribution is -2.01. The predicted octanol–water partition coefficient (Wildman–Crippen LogP) is -0.338. The van der Waals surface area contributed by atoms with E-state index in [1.165, 1.54) is 0 Å². The van der Waals surface area contributed by atoms with Crippen molar-refractivity contribution in [3.8, 4) is 5.88 Å². The van der Waals surface area contributed by atoms with Gasteiger partial charge in [-0.25, -0.2) is 5.10 Å². The first-order valence-electron chi connectivity index (χ1n) is 1.79. The molecule has 0 unspecified atom stereocenters. The maximum Gasteiger partial charge on any atom is 0.233 e. The van der Waals surface area contributed by atoms with Crippen molar-refractivity contribution in [1.82, 2.24) is 10.2 Å². The van der Waals surface area contributed by atoms with Crippen LogP contribution in [0.15, 0.2) is 12.3 Å². The van der Waals surface area contributed by atoms with Gasteiger partial charge >= 0.3 is 0 Å². The van der Waals surface area contributed by atoms with Gasteiger partial charge in [-0.15, -0.1) is 0 Å². The van der Waals surface area contributed by atoms with E-state index in [1.54, 1.807) is 12.3 Å². The van der Waals surface area contributed by atoms with E-state index in [0.29, 0.717) is 5.88 Å². The number of hydrogen-bond acceptors (Lipinski definition) is 3. The molecule has 4 nitrogen and oxygen atoms in total. The van der Waals surface area contributed by atoms with E-state index in [-0.39, 0.29) is 0 Å². The average molecular weight is 99.1 g/mol. The van der Waals surface area contributed by atoms with Crippen LogP contribution in [0.4, 0.5) is 0 Å². The lowest BCUT2D eigenvalue weighted by Gasteiger charge is -1.85. The van der Waals surface area contributed by atoms with Crippen molar-refractivity contribution in [2.24, 2.45) is 5.90 Å². The smallest absolute Gasteiger partial charge is 0.233 e. The Kier molecular flexibility index (Phi) is 0.953. The molecule has 1 rings (SSSR count). The van der Waals surface area contributed by atoms with Crippen LogP contribution in [0, 0.1) is 0 Å². The minimum Gasteiger partial charge on any atom is -0.392 e. The quantitative estimate of drug-likeness (QED) is 0.473. The van der Waals surface area contributed by atoms with E-state index in [4.69, 9.17) is 5.90 Å². The number of nitrogens with zero attached hydrogens (tertiary/aromatic N) is 1. The maximum absolute atomic E-state index is 4.72. The molecule has 0 saturated carbocycles. The minimum atomic E-state index is 0.472. The third-order valence-electron chi connectivity index (χ3n) is 0.602. The summed E-state index contributed by atoms with van der Waals surface area (Å²) in [6, 6.07) is 1.62. The van der Waals surface area contributed by atoms with Crippen molar-refractivity contribution in [2.45, 2.75) is 0 Å². The van der Waals surface area contributed by atoms with Crippen molar-refractivity contribution in [3.63, 3.8) is 0 Å². The van der Waals surface area contributed by atoms with Crippen molar-refractivity contribution in [1.29, 1.82) is 0 Å².